The summed E-state index contributed by atoms with van der Waals surface area (Å²) in [6.07, 6.45) is 11.2. The first-order valence-corrected chi connectivity index (χ1v) is 15.1. The predicted molar refractivity (Wildman–Crippen MR) is 154 cm³/mol. The highest BCUT2D eigenvalue weighted by Gasteiger charge is 2.18. The first-order chi connectivity index (χ1) is 18.5. The average Bonchev–Trinajstić information content (AvgIpc) is 2.97. The molecule has 206 valence electrons. The van der Waals surface area contributed by atoms with Crippen LogP contribution in [0.25, 0.3) is 0 Å². The number of ketones is 1. The predicted octanol–water partition coefficient (Wildman–Crippen LogP) is 7.92. The summed E-state index contributed by atoms with van der Waals surface area (Å²) in [5.74, 6) is -0.271. The van der Waals surface area contributed by atoms with Gasteiger partial charge in [0.05, 0.1) is 11.5 Å². The largest absolute Gasteiger partial charge is 0.380 e. The molecular formula is C32H42O5S. The number of hydrogen-bond donors (Lipinski definition) is 1. The number of rotatable bonds is 16. The molecule has 38 heavy (non-hydrogen) atoms. The topological polar surface area (TPSA) is 80.7 Å². The van der Waals surface area contributed by atoms with Crippen LogP contribution in [-0.2, 0) is 14.3 Å². The zero-order chi connectivity index (χ0) is 27.5. The van der Waals surface area contributed by atoms with E-state index in [-0.39, 0.29) is 17.3 Å². The standard InChI is InChI=1S/C18H30O3S.C14H12O2/c1-2-3-4-5-6-7-8-9-10-14-17-21-22(19,20)18-15-12-11-13-16-18;15-13(11-7-3-1-4-8-11)14(16)12-9-5-2-6-10-12/h11-13,15-16H,2-10,14,17H2,1H3;1-10,13,15H. The van der Waals surface area contributed by atoms with Crippen LogP contribution in [0, 0.1) is 0 Å². The minimum atomic E-state index is -3.57. The van der Waals surface area contributed by atoms with Crippen molar-refractivity contribution >= 4 is 15.9 Å². The van der Waals surface area contributed by atoms with Crippen LogP contribution in [0.15, 0.2) is 95.9 Å². The van der Waals surface area contributed by atoms with Gasteiger partial charge in [0, 0.05) is 5.56 Å². The maximum atomic E-state index is 11.9. The summed E-state index contributed by atoms with van der Waals surface area (Å²) in [6.45, 7) is 2.52. The Morgan fingerprint density at radius 3 is 1.66 bits per heavy atom. The van der Waals surface area contributed by atoms with E-state index in [1.54, 1.807) is 78.9 Å². The lowest BCUT2D eigenvalue weighted by atomic mass is 10.0. The summed E-state index contributed by atoms with van der Waals surface area (Å²) in [6, 6.07) is 26.1. The Labute approximate surface area is 229 Å². The van der Waals surface area contributed by atoms with E-state index < -0.39 is 16.2 Å². The van der Waals surface area contributed by atoms with Crippen molar-refractivity contribution in [3.8, 4) is 0 Å². The van der Waals surface area contributed by atoms with Gasteiger partial charge in [-0.3, -0.25) is 8.98 Å². The van der Waals surface area contributed by atoms with Gasteiger partial charge >= 0.3 is 0 Å². The van der Waals surface area contributed by atoms with Gasteiger partial charge in [-0.05, 0) is 24.1 Å². The van der Waals surface area contributed by atoms with Crippen molar-refractivity contribution < 1.29 is 22.5 Å². The Balaban J connectivity index is 0.000000279. The lowest BCUT2D eigenvalue weighted by Gasteiger charge is -2.09. The highest BCUT2D eigenvalue weighted by Crippen LogP contribution is 2.18. The molecule has 0 radical (unpaired) electrons. The number of Topliss-reactive ketones (excluding diaryl/α,β-unsaturated/α-hetero) is 1. The molecule has 0 bridgehead atoms. The van der Waals surface area contributed by atoms with Crippen LogP contribution < -0.4 is 0 Å². The van der Waals surface area contributed by atoms with Gasteiger partial charge in [0.15, 0.2) is 5.78 Å². The van der Waals surface area contributed by atoms with Crippen molar-refractivity contribution in [2.24, 2.45) is 0 Å². The minimum absolute atomic E-state index is 0.238. The highest BCUT2D eigenvalue weighted by molar-refractivity contribution is 7.86. The van der Waals surface area contributed by atoms with Gasteiger partial charge in [0.1, 0.15) is 6.10 Å². The van der Waals surface area contributed by atoms with E-state index in [0.29, 0.717) is 11.1 Å². The number of aliphatic hydroxyl groups is 1. The van der Waals surface area contributed by atoms with E-state index in [0.717, 1.165) is 12.8 Å². The third kappa shape index (κ3) is 12.2. The van der Waals surface area contributed by atoms with Crippen LogP contribution in [0.4, 0.5) is 0 Å². The van der Waals surface area contributed by atoms with Crippen LogP contribution >= 0.6 is 0 Å². The number of carbonyl (C=O) groups is 1. The highest BCUT2D eigenvalue weighted by atomic mass is 32.2. The summed E-state index contributed by atoms with van der Waals surface area (Å²) in [5.41, 5.74) is 1.15. The van der Waals surface area contributed by atoms with E-state index in [9.17, 15) is 18.3 Å². The SMILES string of the molecule is CCCCCCCCCCCCOS(=O)(=O)c1ccccc1.O=C(c1ccccc1)C(O)c1ccccc1. The van der Waals surface area contributed by atoms with Crippen molar-refractivity contribution in [1.29, 1.82) is 0 Å². The van der Waals surface area contributed by atoms with E-state index >= 15 is 0 Å². The third-order valence-corrected chi connectivity index (χ3v) is 7.52. The van der Waals surface area contributed by atoms with Crippen molar-refractivity contribution in [1.82, 2.24) is 0 Å². The van der Waals surface area contributed by atoms with Crippen molar-refractivity contribution in [3.63, 3.8) is 0 Å². The number of carbonyl (C=O) groups excluding carboxylic acids is 1. The smallest absolute Gasteiger partial charge is 0.296 e. The molecule has 0 aromatic heterocycles. The van der Waals surface area contributed by atoms with E-state index in [4.69, 9.17) is 4.18 Å². The van der Waals surface area contributed by atoms with Crippen LogP contribution in [0.1, 0.15) is 93.2 Å². The van der Waals surface area contributed by atoms with Gasteiger partial charge in [0.25, 0.3) is 10.1 Å². The zero-order valence-electron chi connectivity index (χ0n) is 22.5. The number of unbranched alkanes of at least 4 members (excludes halogenated alkanes) is 9. The third-order valence-electron chi connectivity index (χ3n) is 6.19. The molecule has 3 aromatic rings. The number of aliphatic hydroxyl groups excluding tert-OH is 1. The summed E-state index contributed by atoms with van der Waals surface area (Å²) in [4.78, 5) is 12.1. The van der Waals surface area contributed by atoms with Crippen LogP contribution in [0.3, 0.4) is 0 Å². The molecule has 1 unspecified atom stereocenters. The molecule has 0 fully saturated rings. The molecular weight excluding hydrogens is 496 g/mol. The van der Waals surface area contributed by atoms with E-state index in [1.165, 1.54) is 51.4 Å². The molecule has 0 heterocycles. The molecule has 0 aliphatic rings. The molecule has 0 saturated heterocycles. The summed E-state index contributed by atoms with van der Waals surface area (Å²) in [7, 11) is -3.57. The van der Waals surface area contributed by atoms with E-state index in [1.807, 2.05) is 12.1 Å². The number of benzene rings is 3. The Morgan fingerprint density at radius 2 is 1.13 bits per heavy atom. The molecule has 0 spiro atoms. The fourth-order valence-electron chi connectivity index (χ4n) is 3.96. The maximum Gasteiger partial charge on any atom is 0.296 e. The molecule has 3 aromatic carbocycles. The molecule has 0 amide bonds. The zero-order valence-corrected chi connectivity index (χ0v) is 23.3. The lowest BCUT2D eigenvalue weighted by molar-refractivity contribution is 0.0747. The molecule has 1 atom stereocenters. The van der Waals surface area contributed by atoms with Gasteiger partial charge < -0.3 is 5.11 Å². The fourth-order valence-corrected chi connectivity index (χ4v) is 4.92. The second kappa shape index (κ2) is 18.5. The lowest BCUT2D eigenvalue weighted by Crippen LogP contribution is -2.11. The monoisotopic (exact) mass is 538 g/mol. The average molecular weight is 539 g/mol. The molecule has 1 N–H and O–H groups in total. The molecule has 3 rings (SSSR count). The van der Waals surface area contributed by atoms with Gasteiger partial charge in [0.2, 0.25) is 0 Å². The second-order valence-corrected chi connectivity index (χ2v) is 10.9. The van der Waals surface area contributed by atoms with Gasteiger partial charge in [-0.15, -0.1) is 0 Å². The summed E-state index contributed by atoms with van der Waals surface area (Å²) >= 11 is 0. The second-order valence-electron chi connectivity index (χ2n) is 9.31. The summed E-state index contributed by atoms with van der Waals surface area (Å²) < 4.78 is 28.8. The fraction of sp³-hybridized carbons (Fsp3) is 0.406. The van der Waals surface area contributed by atoms with Crippen LogP contribution in [-0.4, -0.2) is 25.9 Å². The molecule has 5 nitrogen and oxygen atoms in total. The first kappa shape index (κ1) is 31.4. The van der Waals surface area contributed by atoms with Gasteiger partial charge in [-0.2, -0.15) is 8.42 Å². The minimum Gasteiger partial charge on any atom is -0.380 e. The first-order valence-electron chi connectivity index (χ1n) is 13.7. The summed E-state index contributed by atoms with van der Waals surface area (Å²) in [5, 5.41) is 9.89. The van der Waals surface area contributed by atoms with Crippen molar-refractivity contribution in [3.05, 3.63) is 102 Å². The normalized spacial score (nSPS) is 11.8. The van der Waals surface area contributed by atoms with E-state index in [2.05, 4.69) is 6.92 Å². The number of hydrogen-bond acceptors (Lipinski definition) is 5. The Bertz CT molecular complexity index is 1120. The van der Waals surface area contributed by atoms with Gasteiger partial charge in [-0.1, -0.05) is 144 Å². The maximum absolute atomic E-state index is 11.9. The van der Waals surface area contributed by atoms with Crippen molar-refractivity contribution in [2.75, 3.05) is 6.61 Å². The van der Waals surface area contributed by atoms with Crippen LogP contribution in [0.2, 0.25) is 0 Å². The molecule has 6 heteroatoms. The van der Waals surface area contributed by atoms with Crippen molar-refractivity contribution in [2.45, 2.75) is 82.1 Å². The molecule has 0 aliphatic carbocycles. The van der Waals surface area contributed by atoms with Crippen LogP contribution in [0.5, 0.6) is 0 Å². The Hall–Kier alpha value is -2.80. The van der Waals surface area contributed by atoms with Gasteiger partial charge in [-0.25, -0.2) is 0 Å². The molecule has 0 saturated carbocycles. The Kier molecular flexibility index (Phi) is 15.3. The molecule has 0 aliphatic heterocycles. The Morgan fingerprint density at radius 1 is 0.684 bits per heavy atom. The quantitative estimate of drug-likeness (QED) is 0.114.